The molecule has 0 amide bonds. The van der Waals surface area contributed by atoms with E-state index in [-0.39, 0.29) is 11.7 Å². The van der Waals surface area contributed by atoms with Crippen molar-refractivity contribution in [3.8, 4) is 34.8 Å². The molecule has 0 spiro atoms. The second kappa shape index (κ2) is 12.4. The fraction of sp³-hybridized carbons (Fsp3) is 0.241. The number of benzene rings is 3. The molecule has 0 aliphatic rings. The predicted molar refractivity (Wildman–Crippen MR) is 147 cm³/mol. The molecule has 0 bridgehead atoms. The molecule has 38 heavy (non-hydrogen) atoms. The maximum Gasteiger partial charge on any atom is 0.232 e. The van der Waals surface area contributed by atoms with Gasteiger partial charge in [0.05, 0.1) is 20.3 Å². The average molecular weight is 533 g/mol. The number of hydrogen-bond donors (Lipinski definition) is 1. The first-order valence-corrected chi connectivity index (χ1v) is 12.3. The van der Waals surface area contributed by atoms with Crippen LogP contribution in [0, 0.1) is 11.3 Å². The highest BCUT2D eigenvalue weighted by Gasteiger charge is 2.20. The van der Waals surface area contributed by atoms with Crippen molar-refractivity contribution in [2.45, 2.75) is 12.6 Å². The van der Waals surface area contributed by atoms with Crippen LogP contribution in [0.1, 0.15) is 22.9 Å². The standard InChI is InChI=1S/C29H29ClN4O4/c1-34(2)25(20-11-14-26(35-3)27(15-20)36-4)17-32-29-24(16-31)33-28(38-29)19-9-12-22(13-10-19)37-18-21-7-5-6-8-23(21)30/h5-15,25,32H,17-18H2,1-4H3. The van der Waals surface area contributed by atoms with E-state index in [1.807, 2.05) is 80.8 Å². The van der Waals surface area contributed by atoms with Crippen LogP contribution in [0.4, 0.5) is 5.88 Å². The number of likely N-dealkylation sites (N-methyl/N-ethyl adjacent to an activating group) is 1. The number of oxazole rings is 1. The van der Waals surface area contributed by atoms with Crippen molar-refractivity contribution >= 4 is 17.5 Å². The number of methoxy groups -OCH3 is 2. The maximum absolute atomic E-state index is 9.66. The molecule has 1 heterocycles. The molecule has 196 valence electrons. The number of aromatic nitrogens is 1. The van der Waals surface area contributed by atoms with E-state index in [0.29, 0.717) is 47.2 Å². The first kappa shape index (κ1) is 26.9. The molecule has 1 atom stereocenters. The van der Waals surface area contributed by atoms with Gasteiger partial charge in [0.25, 0.3) is 0 Å². The van der Waals surface area contributed by atoms with Crippen molar-refractivity contribution in [3.05, 3.63) is 88.6 Å². The van der Waals surface area contributed by atoms with Crippen molar-refractivity contribution < 1.29 is 18.6 Å². The molecule has 8 nitrogen and oxygen atoms in total. The van der Waals surface area contributed by atoms with Crippen LogP contribution in [0.5, 0.6) is 17.2 Å². The highest BCUT2D eigenvalue weighted by Crippen LogP contribution is 2.32. The van der Waals surface area contributed by atoms with Crippen molar-refractivity contribution in [1.82, 2.24) is 9.88 Å². The monoisotopic (exact) mass is 532 g/mol. The molecule has 1 unspecified atom stereocenters. The molecule has 0 fully saturated rings. The topological polar surface area (TPSA) is 92.8 Å². The van der Waals surface area contributed by atoms with Crippen molar-refractivity contribution in [2.75, 3.05) is 40.2 Å². The Kier molecular flexibility index (Phi) is 8.74. The predicted octanol–water partition coefficient (Wildman–Crippen LogP) is 6.18. The summed E-state index contributed by atoms with van der Waals surface area (Å²) in [6, 6.07) is 22.8. The summed E-state index contributed by atoms with van der Waals surface area (Å²) >= 11 is 6.20. The Morgan fingerprint density at radius 3 is 2.42 bits per heavy atom. The zero-order valence-electron chi connectivity index (χ0n) is 21.7. The second-order valence-corrected chi connectivity index (χ2v) is 9.09. The summed E-state index contributed by atoms with van der Waals surface area (Å²) in [5, 5.41) is 13.6. The molecule has 1 aromatic heterocycles. The van der Waals surface area contributed by atoms with Crippen LogP contribution in [0.3, 0.4) is 0 Å². The van der Waals surface area contributed by atoms with Gasteiger partial charge in [-0.15, -0.1) is 0 Å². The Morgan fingerprint density at radius 1 is 1.03 bits per heavy atom. The number of anilines is 1. The van der Waals surface area contributed by atoms with Crippen LogP contribution in [-0.4, -0.2) is 44.7 Å². The van der Waals surface area contributed by atoms with Crippen molar-refractivity contribution in [1.29, 1.82) is 5.26 Å². The molecule has 0 radical (unpaired) electrons. The van der Waals surface area contributed by atoms with Crippen LogP contribution >= 0.6 is 11.6 Å². The van der Waals surface area contributed by atoms with Crippen LogP contribution < -0.4 is 19.5 Å². The molecule has 4 rings (SSSR count). The van der Waals surface area contributed by atoms with Gasteiger partial charge in [0.2, 0.25) is 17.5 Å². The minimum atomic E-state index is -0.0375. The van der Waals surface area contributed by atoms with E-state index in [1.165, 1.54) is 0 Å². The lowest BCUT2D eigenvalue weighted by Gasteiger charge is -2.25. The number of halogens is 1. The highest BCUT2D eigenvalue weighted by atomic mass is 35.5. The lowest BCUT2D eigenvalue weighted by Crippen LogP contribution is -2.27. The van der Waals surface area contributed by atoms with Gasteiger partial charge in [-0.1, -0.05) is 35.9 Å². The van der Waals surface area contributed by atoms with Gasteiger partial charge in [0.1, 0.15) is 18.4 Å². The summed E-state index contributed by atoms with van der Waals surface area (Å²) in [7, 11) is 7.18. The number of ether oxygens (including phenoxy) is 3. The van der Waals surface area contributed by atoms with Crippen molar-refractivity contribution in [2.24, 2.45) is 0 Å². The number of nitriles is 1. The summed E-state index contributed by atoms with van der Waals surface area (Å²) in [6.45, 7) is 0.832. The van der Waals surface area contributed by atoms with Crippen LogP contribution in [0.15, 0.2) is 71.1 Å². The Morgan fingerprint density at radius 2 is 1.76 bits per heavy atom. The number of nitrogens with zero attached hydrogens (tertiary/aromatic N) is 3. The van der Waals surface area contributed by atoms with Crippen LogP contribution in [0.2, 0.25) is 5.02 Å². The third-order valence-electron chi connectivity index (χ3n) is 6.06. The maximum atomic E-state index is 9.66. The fourth-order valence-corrected chi connectivity index (χ4v) is 4.15. The number of hydrogen-bond acceptors (Lipinski definition) is 8. The molecule has 0 aliphatic carbocycles. The van der Waals surface area contributed by atoms with E-state index >= 15 is 0 Å². The smallest absolute Gasteiger partial charge is 0.232 e. The van der Waals surface area contributed by atoms with Gasteiger partial charge in [-0.2, -0.15) is 10.2 Å². The Balaban J connectivity index is 1.46. The molecule has 0 saturated heterocycles. The van der Waals surface area contributed by atoms with E-state index in [4.69, 9.17) is 30.2 Å². The van der Waals surface area contributed by atoms with Gasteiger partial charge >= 0.3 is 0 Å². The van der Waals surface area contributed by atoms with Crippen LogP contribution in [-0.2, 0) is 6.61 Å². The summed E-state index contributed by atoms with van der Waals surface area (Å²) in [6.07, 6.45) is 0. The molecule has 0 aliphatic heterocycles. The van der Waals surface area contributed by atoms with Gasteiger partial charge in [-0.25, -0.2) is 0 Å². The summed E-state index contributed by atoms with van der Waals surface area (Å²) in [5.74, 6) is 2.65. The molecule has 1 N–H and O–H groups in total. The lowest BCUT2D eigenvalue weighted by atomic mass is 10.1. The third-order valence-corrected chi connectivity index (χ3v) is 6.43. The van der Waals surface area contributed by atoms with E-state index in [1.54, 1.807) is 14.2 Å². The molecule has 9 heteroatoms. The number of rotatable bonds is 11. The van der Waals surface area contributed by atoms with Gasteiger partial charge < -0.3 is 28.8 Å². The minimum Gasteiger partial charge on any atom is -0.493 e. The van der Waals surface area contributed by atoms with Gasteiger partial charge in [-0.3, -0.25) is 0 Å². The van der Waals surface area contributed by atoms with E-state index in [9.17, 15) is 5.26 Å². The average Bonchev–Trinajstić information content (AvgIpc) is 3.36. The first-order chi connectivity index (χ1) is 18.4. The zero-order chi connectivity index (χ0) is 27.1. The lowest BCUT2D eigenvalue weighted by molar-refractivity contribution is 0.306. The Labute approximate surface area is 227 Å². The Hall–Kier alpha value is -4.19. The third kappa shape index (κ3) is 6.20. The van der Waals surface area contributed by atoms with Gasteiger partial charge in [-0.05, 0) is 62.1 Å². The van der Waals surface area contributed by atoms with Gasteiger partial charge in [0.15, 0.2) is 11.5 Å². The summed E-state index contributed by atoms with van der Waals surface area (Å²) in [5.41, 5.74) is 2.84. The van der Waals surface area contributed by atoms with E-state index in [0.717, 1.165) is 16.7 Å². The molecule has 4 aromatic rings. The minimum absolute atomic E-state index is 0.0375. The first-order valence-electron chi connectivity index (χ1n) is 11.9. The van der Waals surface area contributed by atoms with Crippen LogP contribution in [0.25, 0.3) is 11.5 Å². The normalized spacial score (nSPS) is 11.6. The SMILES string of the molecule is COc1ccc(C(CNc2oc(-c3ccc(OCc4ccccc4Cl)cc3)nc2C#N)N(C)C)cc1OC. The summed E-state index contributed by atoms with van der Waals surface area (Å²) < 4.78 is 22.6. The van der Waals surface area contributed by atoms with Crippen molar-refractivity contribution in [3.63, 3.8) is 0 Å². The highest BCUT2D eigenvalue weighted by molar-refractivity contribution is 6.31. The zero-order valence-corrected chi connectivity index (χ0v) is 22.5. The van der Waals surface area contributed by atoms with E-state index < -0.39 is 0 Å². The molecular weight excluding hydrogens is 504 g/mol. The Bertz CT molecular complexity index is 1410. The molecule has 0 saturated carbocycles. The largest absolute Gasteiger partial charge is 0.493 e. The second-order valence-electron chi connectivity index (χ2n) is 8.69. The number of nitrogens with one attached hydrogen (secondary N) is 1. The fourth-order valence-electron chi connectivity index (χ4n) is 3.96. The molecular formula is C29H29ClN4O4. The quantitative estimate of drug-likeness (QED) is 0.245. The van der Waals surface area contributed by atoms with E-state index in [2.05, 4.69) is 21.3 Å². The van der Waals surface area contributed by atoms with Gasteiger partial charge in [0, 0.05) is 22.7 Å². The summed E-state index contributed by atoms with van der Waals surface area (Å²) in [4.78, 5) is 6.45. The molecule has 3 aromatic carbocycles.